The monoisotopic (exact) mass is 311 g/mol. The quantitative estimate of drug-likeness (QED) is 0.816. The van der Waals surface area contributed by atoms with Crippen molar-refractivity contribution in [1.29, 1.82) is 0 Å². The molecule has 3 amide bonds. The summed E-state index contributed by atoms with van der Waals surface area (Å²) < 4.78 is 5.10. The van der Waals surface area contributed by atoms with Crippen LogP contribution in [0.3, 0.4) is 0 Å². The topological polar surface area (TPSA) is 87.7 Å². The van der Waals surface area contributed by atoms with Crippen molar-refractivity contribution in [3.63, 3.8) is 0 Å². The molecule has 0 spiro atoms. The van der Waals surface area contributed by atoms with Crippen LogP contribution in [0.5, 0.6) is 0 Å². The third kappa shape index (κ3) is 4.61. The fraction of sp³-hybridized carbons (Fsp3) is 0.800. The number of hydrazine groups is 1. The van der Waals surface area contributed by atoms with E-state index in [1.807, 2.05) is 6.92 Å². The van der Waals surface area contributed by atoms with Crippen molar-refractivity contribution in [2.24, 2.45) is 11.8 Å². The predicted molar refractivity (Wildman–Crippen MR) is 79.5 cm³/mol. The molecule has 124 valence electrons. The van der Waals surface area contributed by atoms with E-state index < -0.39 is 17.6 Å². The van der Waals surface area contributed by atoms with E-state index in [1.165, 1.54) is 5.01 Å². The average molecular weight is 311 g/mol. The largest absolute Gasteiger partial charge is 0.443 e. The minimum absolute atomic E-state index is 0.110. The van der Waals surface area contributed by atoms with E-state index in [-0.39, 0.29) is 30.8 Å². The van der Waals surface area contributed by atoms with Crippen LogP contribution in [0.25, 0.3) is 0 Å². The number of carbonyl (C=O) groups excluding carboxylic acids is 3. The number of amides is 3. The summed E-state index contributed by atoms with van der Waals surface area (Å²) in [5.41, 5.74) is 1.77. The van der Waals surface area contributed by atoms with Crippen LogP contribution in [0.2, 0.25) is 0 Å². The van der Waals surface area contributed by atoms with Crippen LogP contribution in [0.4, 0.5) is 4.79 Å². The molecule has 2 atom stereocenters. The van der Waals surface area contributed by atoms with E-state index in [1.54, 1.807) is 20.8 Å². The summed E-state index contributed by atoms with van der Waals surface area (Å²) in [5.74, 6) is -0.257. The van der Waals surface area contributed by atoms with Gasteiger partial charge in [0.2, 0.25) is 11.8 Å². The molecule has 0 unspecified atom stereocenters. The number of ether oxygens (including phenoxy) is 1. The lowest BCUT2D eigenvalue weighted by Crippen LogP contribution is -2.46. The molecule has 2 rings (SSSR count). The first-order chi connectivity index (χ1) is 10.2. The molecule has 22 heavy (non-hydrogen) atoms. The fourth-order valence-corrected chi connectivity index (χ4v) is 2.46. The number of nitrogens with one attached hydrogen (secondary N) is 2. The van der Waals surface area contributed by atoms with Gasteiger partial charge in [-0.25, -0.2) is 10.2 Å². The fourth-order valence-electron chi connectivity index (χ4n) is 2.46. The third-order valence-electron chi connectivity index (χ3n) is 3.82. The third-order valence-corrected chi connectivity index (χ3v) is 3.82. The van der Waals surface area contributed by atoms with Gasteiger partial charge in [-0.15, -0.1) is 0 Å². The lowest BCUT2D eigenvalue weighted by Gasteiger charge is -2.23. The molecule has 2 fully saturated rings. The maximum absolute atomic E-state index is 12.2. The minimum Gasteiger partial charge on any atom is -0.443 e. The molecule has 0 aromatic rings. The summed E-state index contributed by atoms with van der Waals surface area (Å²) in [6, 6.07) is 0.149. The molecule has 1 saturated carbocycles. The Morgan fingerprint density at radius 3 is 2.50 bits per heavy atom. The van der Waals surface area contributed by atoms with E-state index in [9.17, 15) is 14.4 Å². The van der Waals surface area contributed by atoms with E-state index in [0.717, 1.165) is 12.8 Å². The van der Waals surface area contributed by atoms with Crippen molar-refractivity contribution >= 4 is 17.9 Å². The molecule has 1 aliphatic heterocycles. The molecule has 7 nitrogen and oxygen atoms in total. The maximum Gasteiger partial charge on any atom is 0.426 e. The van der Waals surface area contributed by atoms with Crippen molar-refractivity contribution in [2.75, 3.05) is 6.54 Å². The van der Waals surface area contributed by atoms with Crippen LogP contribution in [-0.4, -0.2) is 41.1 Å². The van der Waals surface area contributed by atoms with Gasteiger partial charge in [0.15, 0.2) is 0 Å². The molecule has 0 bridgehead atoms. The molecule has 7 heteroatoms. The van der Waals surface area contributed by atoms with E-state index in [2.05, 4.69) is 10.7 Å². The molecule has 0 aromatic carbocycles. The minimum atomic E-state index is -0.687. The van der Waals surface area contributed by atoms with E-state index >= 15 is 0 Å². The Labute approximate surface area is 130 Å². The Balaban J connectivity index is 1.82. The van der Waals surface area contributed by atoms with Crippen molar-refractivity contribution < 1.29 is 19.1 Å². The van der Waals surface area contributed by atoms with Crippen LogP contribution in [0, 0.1) is 11.8 Å². The zero-order valence-electron chi connectivity index (χ0n) is 13.6. The number of carbonyl (C=O) groups is 3. The summed E-state index contributed by atoms with van der Waals surface area (Å²) in [6.45, 7) is 7.40. The number of nitrogens with zero attached hydrogens (tertiary/aromatic N) is 1. The Morgan fingerprint density at radius 2 is 1.95 bits per heavy atom. The summed E-state index contributed by atoms with van der Waals surface area (Å²) >= 11 is 0. The van der Waals surface area contributed by atoms with Gasteiger partial charge in [0.25, 0.3) is 0 Å². The van der Waals surface area contributed by atoms with Gasteiger partial charge < -0.3 is 10.1 Å². The first-order valence-electron chi connectivity index (χ1n) is 7.76. The van der Waals surface area contributed by atoms with Crippen LogP contribution >= 0.6 is 0 Å². The summed E-state index contributed by atoms with van der Waals surface area (Å²) in [4.78, 5) is 35.7. The number of hydrogen-bond acceptors (Lipinski definition) is 4. The lowest BCUT2D eigenvalue weighted by atomic mass is 10.1. The lowest BCUT2D eigenvalue weighted by molar-refractivity contribution is -0.131. The highest BCUT2D eigenvalue weighted by Gasteiger charge is 2.38. The highest BCUT2D eigenvalue weighted by atomic mass is 16.6. The Kier molecular flexibility index (Phi) is 4.63. The summed E-state index contributed by atoms with van der Waals surface area (Å²) in [5, 5.41) is 4.12. The number of hydrogen-bond donors (Lipinski definition) is 2. The molecule has 2 aliphatic rings. The van der Waals surface area contributed by atoms with Crippen LogP contribution in [0.15, 0.2) is 0 Å². The molecular weight excluding hydrogens is 286 g/mol. The normalized spacial score (nSPS) is 23.2. The zero-order valence-corrected chi connectivity index (χ0v) is 13.6. The van der Waals surface area contributed by atoms with Gasteiger partial charge in [-0.2, -0.15) is 0 Å². The van der Waals surface area contributed by atoms with Gasteiger partial charge in [-0.1, -0.05) is 0 Å². The second-order valence-corrected chi connectivity index (χ2v) is 7.15. The van der Waals surface area contributed by atoms with Crippen molar-refractivity contribution in [1.82, 2.24) is 15.8 Å². The summed E-state index contributed by atoms with van der Waals surface area (Å²) in [7, 11) is 0. The first-order valence-corrected chi connectivity index (χ1v) is 7.76. The zero-order chi connectivity index (χ0) is 16.5. The SMILES string of the molecule is C[C@H](NC(=O)[C@H]1CC(=O)N(NC(=O)OC(C)(C)C)C1)C1CC1. The Bertz CT molecular complexity index is 468. The van der Waals surface area contributed by atoms with Gasteiger partial charge in [-0.05, 0) is 46.5 Å². The Morgan fingerprint density at radius 1 is 1.32 bits per heavy atom. The maximum atomic E-state index is 12.2. The van der Waals surface area contributed by atoms with Gasteiger partial charge in [0.05, 0.1) is 12.5 Å². The van der Waals surface area contributed by atoms with Gasteiger partial charge in [0, 0.05) is 12.5 Å². The van der Waals surface area contributed by atoms with Crippen molar-refractivity contribution in [3.05, 3.63) is 0 Å². The Hall–Kier alpha value is -1.79. The highest BCUT2D eigenvalue weighted by molar-refractivity contribution is 5.90. The van der Waals surface area contributed by atoms with Crippen LogP contribution in [-0.2, 0) is 14.3 Å². The molecule has 0 radical (unpaired) electrons. The van der Waals surface area contributed by atoms with Crippen LogP contribution < -0.4 is 10.7 Å². The average Bonchev–Trinajstić information content (AvgIpc) is 3.13. The molecule has 1 aliphatic carbocycles. The van der Waals surface area contributed by atoms with E-state index in [0.29, 0.717) is 5.92 Å². The van der Waals surface area contributed by atoms with Gasteiger partial charge in [-0.3, -0.25) is 14.6 Å². The molecule has 1 heterocycles. The first kappa shape index (κ1) is 16.6. The van der Waals surface area contributed by atoms with Crippen molar-refractivity contribution in [2.45, 2.75) is 58.6 Å². The van der Waals surface area contributed by atoms with Gasteiger partial charge >= 0.3 is 6.09 Å². The second-order valence-electron chi connectivity index (χ2n) is 7.15. The van der Waals surface area contributed by atoms with E-state index in [4.69, 9.17) is 4.74 Å². The summed E-state index contributed by atoms with van der Waals surface area (Å²) in [6.07, 6.45) is 1.72. The second kappa shape index (κ2) is 6.14. The molecule has 2 N–H and O–H groups in total. The predicted octanol–water partition coefficient (Wildman–Crippen LogP) is 1.19. The molecular formula is C15H25N3O4. The highest BCUT2D eigenvalue weighted by Crippen LogP contribution is 2.32. The number of rotatable bonds is 4. The van der Waals surface area contributed by atoms with Crippen LogP contribution in [0.1, 0.15) is 47.0 Å². The molecule has 1 saturated heterocycles. The smallest absolute Gasteiger partial charge is 0.426 e. The standard InChI is InChI=1S/C15H25N3O4/c1-9(10-5-6-10)16-13(20)11-7-12(19)18(8-11)17-14(21)22-15(2,3)4/h9-11H,5-8H2,1-4H3,(H,16,20)(H,17,21)/t9-,11-/m0/s1. The van der Waals surface area contributed by atoms with Crippen molar-refractivity contribution in [3.8, 4) is 0 Å². The molecule has 0 aromatic heterocycles. The van der Waals surface area contributed by atoms with Gasteiger partial charge in [0.1, 0.15) is 5.60 Å².